The topological polar surface area (TPSA) is 43.8 Å². The first-order valence-electron chi connectivity index (χ1n) is 6.76. The fourth-order valence-electron chi connectivity index (χ4n) is 3.34. The van der Waals surface area contributed by atoms with Crippen molar-refractivity contribution in [3.05, 3.63) is 26.7 Å². The Morgan fingerprint density at radius 3 is 2.95 bits per heavy atom. The van der Waals surface area contributed by atoms with Gasteiger partial charge in [0, 0.05) is 36.6 Å². The third kappa shape index (κ3) is 2.07. The highest BCUT2D eigenvalue weighted by molar-refractivity contribution is 9.10. The third-order valence-corrected chi connectivity index (χ3v) is 5.23. The van der Waals surface area contributed by atoms with E-state index in [1.54, 1.807) is 0 Å². The van der Waals surface area contributed by atoms with E-state index >= 15 is 0 Å². The van der Waals surface area contributed by atoms with Crippen LogP contribution in [0, 0.1) is 0 Å². The van der Waals surface area contributed by atoms with Gasteiger partial charge in [-0.15, -0.1) is 0 Å². The standard InChI is InChI=1S/C14H16BrClN2O2/c1-2-17-6-8-7-18(14(19)20)4-3-9-10(15)5-11(16)13(17)12(8)9/h5,8H,2-4,6-7H2,1H3,(H,19,20)/t8-/m1/s1. The minimum Gasteiger partial charge on any atom is -0.465 e. The zero-order valence-corrected chi connectivity index (χ0v) is 13.5. The summed E-state index contributed by atoms with van der Waals surface area (Å²) >= 11 is 10.0. The Bertz CT molecular complexity index is 579. The normalized spacial score (nSPS) is 20.9. The maximum Gasteiger partial charge on any atom is 0.407 e. The van der Waals surface area contributed by atoms with Crippen LogP contribution < -0.4 is 4.90 Å². The molecule has 2 heterocycles. The second kappa shape index (κ2) is 5.11. The van der Waals surface area contributed by atoms with Crippen LogP contribution in [0.3, 0.4) is 0 Å². The van der Waals surface area contributed by atoms with Gasteiger partial charge in [0.2, 0.25) is 0 Å². The molecule has 3 rings (SSSR count). The van der Waals surface area contributed by atoms with Gasteiger partial charge in [-0.05, 0) is 30.5 Å². The number of carbonyl (C=O) groups is 1. The smallest absolute Gasteiger partial charge is 0.407 e. The molecule has 0 fully saturated rings. The highest BCUT2D eigenvalue weighted by atomic mass is 79.9. The first kappa shape index (κ1) is 14.0. The van der Waals surface area contributed by atoms with Crippen LogP contribution in [0.25, 0.3) is 0 Å². The summed E-state index contributed by atoms with van der Waals surface area (Å²) in [7, 11) is 0. The Kier molecular flexibility index (Phi) is 3.58. The van der Waals surface area contributed by atoms with Crippen LogP contribution in [0.15, 0.2) is 10.5 Å². The average Bonchev–Trinajstić information content (AvgIpc) is 2.64. The summed E-state index contributed by atoms with van der Waals surface area (Å²) in [6, 6.07) is 1.94. The van der Waals surface area contributed by atoms with Gasteiger partial charge in [-0.3, -0.25) is 0 Å². The molecule has 1 atom stereocenters. The van der Waals surface area contributed by atoms with Crippen molar-refractivity contribution in [3.8, 4) is 0 Å². The molecule has 6 heteroatoms. The van der Waals surface area contributed by atoms with Crippen molar-refractivity contribution in [2.45, 2.75) is 19.3 Å². The van der Waals surface area contributed by atoms with E-state index in [1.807, 2.05) is 6.07 Å². The van der Waals surface area contributed by atoms with E-state index < -0.39 is 6.09 Å². The first-order valence-corrected chi connectivity index (χ1v) is 7.93. The van der Waals surface area contributed by atoms with E-state index in [1.165, 1.54) is 16.0 Å². The van der Waals surface area contributed by atoms with Gasteiger partial charge in [0.05, 0.1) is 10.7 Å². The summed E-state index contributed by atoms with van der Waals surface area (Å²) in [5.74, 6) is 0.216. The maximum atomic E-state index is 11.3. The minimum absolute atomic E-state index is 0.216. The largest absolute Gasteiger partial charge is 0.465 e. The molecule has 1 amide bonds. The summed E-state index contributed by atoms with van der Waals surface area (Å²) in [4.78, 5) is 15.1. The number of rotatable bonds is 1. The Hall–Kier alpha value is -0.940. The summed E-state index contributed by atoms with van der Waals surface area (Å²) in [5, 5.41) is 10.0. The molecule has 0 radical (unpaired) electrons. The molecule has 0 aromatic heterocycles. The third-order valence-electron chi connectivity index (χ3n) is 4.24. The number of halogens is 2. The van der Waals surface area contributed by atoms with E-state index in [0.717, 1.165) is 34.7 Å². The number of anilines is 1. The Balaban J connectivity index is 2.13. The van der Waals surface area contributed by atoms with Gasteiger partial charge in [0.15, 0.2) is 0 Å². The molecule has 0 aliphatic carbocycles. The highest BCUT2D eigenvalue weighted by Gasteiger charge is 2.37. The van der Waals surface area contributed by atoms with Crippen molar-refractivity contribution in [1.82, 2.24) is 4.90 Å². The molecule has 1 aromatic carbocycles. The highest BCUT2D eigenvalue weighted by Crippen LogP contribution is 2.47. The van der Waals surface area contributed by atoms with Gasteiger partial charge in [0.25, 0.3) is 0 Å². The molecule has 0 unspecified atom stereocenters. The van der Waals surface area contributed by atoms with E-state index in [9.17, 15) is 9.90 Å². The van der Waals surface area contributed by atoms with Crippen molar-refractivity contribution in [2.24, 2.45) is 0 Å². The van der Waals surface area contributed by atoms with Crippen LogP contribution in [0.4, 0.5) is 10.5 Å². The monoisotopic (exact) mass is 358 g/mol. The van der Waals surface area contributed by atoms with Gasteiger partial charge < -0.3 is 14.9 Å². The first-order chi connectivity index (χ1) is 9.52. The number of carboxylic acid groups (broad SMARTS) is 1. The van der Waals surface area contributed by atoms with Crippen molar-refractivity contribution in [1.29, 1.82) is 0 Å². The molecule has 4 nitrogen and oxygen atoms in total. The number of likely N-dealkylation sites (N-methyl/N-ethyl adjacent to an activating group) is 1. The van der Waals surface area contributed by atoms with Crippen molar-refractivity contribution in [3.63, 3.8) is 0 Å². The Morgan fingerprint density at radius 1 is 1.55 bits per heavy atom. The number of nitrogens with zero attached hydrogens (tertiary/aromatic N) is 2. The van der Waals surface area contributed by atoms with Crippen LogP contribution >= 0.6 is 27.5 Å². The number of benzene rings is 1. The lowest BCUT2D eigenvalue weighted by Crippen LogP contribution is -2.35. The Labute approximate surface area is 131 Å². The lowest BCUT2D eigenvalue weighted by molar-refractivity contribution is 0.144. The molecule has 1 N–H and O–H groups in total. The average molecular weight is 360 g/mol. The van der Waals surface area contributed by atoms with Crippen LogP contribution in [-0.4, -0.2) is 42.3 Å². The number of hydrogen-bond acceptors (Lipinski definition) is 2. The molecule has 108 valence electrons. The van der Waals surface area contributed by atoms with Crippen molar-refractivity contribution in [2.75, 3.05) is 31.1 Å². The van der Waals surface area contributed by atoms with Gasteiger partial charge in [-0.2, -0.15) is 0 Å². The summed E-state index contributed by atoms with van der Waals surface area (Å²) < 4.78 is 0.997. The van der Waals surface area contributed by atoms with Gasteiger partial charge in [0.1, 0.15) is 0 Å². The SMILES string of the molecule is CCN1C[C@@H]2CN(C(=O)O)CCc3c(Br)cc(Cl)c1c32. The summed E-state index contributed by atoms with van der Waals surface area (Å²) in [6.45, 7) is 4.93. The molecule has 2 aliphatic rings. The zero-order valence-electron chi connectivity index (χ0n) is 11.2. The minimum atomic E-state index is -0.837. The molecule has 1 aromatic rings. The lowest BCUT2D eigenvalue weighted by Gasteiger charge is -2.22. The van der Waals surface area contributed by atoms with Gasteiger partial charge >= 0.3 is 6.09 Å². The maximum absolute atomic E-state index is 11.3. The molecule has 0 saturated heterocycles. The lowest BCUT2D eigenvalue weighted by atomic mass is 9.95. The second-order valence-corrected chi connectivity index (χ2v) is 6.56. The summed E-state index contributed by atoms with van der Waals surface area (Å²) in [6.07, 6.45) is -0.100. The molecule has 20 heavy (non-hydrogen) atoms. The molecule has 2 aliphatic heterocycles. The zero-order chi connectivity index (χ0) is 14.4. The predicted molar refractivity (Wildman–Crippen MR) is 83.1 cm³/mol. The van der Waals surface area contributed by atoms with Gasteiger partial charge in [-0.25, -0.2) is 4.79 Å². The van der Waals surface area contributed by atoms with E-state index in [4.69, 9.17) is 11.6 Å². The quantitative estimate of drug-likeness (QED) is 0.834. The van der Waals surface area contributed by atoms with Crippen LogP contribution in [0.5, 0.6) is 0 Å². The van der Waals surface area contributed by atoms with Crippen LogP contribution in [-0.2, 0) is 6.42 Å². The Morgan fingerprint density at radius 2 is 2.30 bits per heavy atom. The van der Waals surface area contributed by atoms with Gasteiger partial charge in [-0.1, -0.05) is 27.5 Å². The molecule has 0 bridgehead atoms. The number of hydrogen-bond donors (Lipinski definition) is 1. The van der Waals surface area contributed by atoms with Crippen molar-refractivity contribution < 1.29 is 9.90 Å². The second-order valence-electron chi connectivity index (χ2n) is 5.30. The molecule has 0 spiro atoms. The predicted octanol–water partition coefficient (Wildman–Crippen LogP) is 3.56. The van der Waals surface area contributed by atoms with E-state index in [2.05, 4.69) is 27.8 Å². The summed E-state index contributed by atoms with van der Waals surface area (Å²) in [5.41, 5.74) is 3.56. The van der Waals surface area contributed by atoms with E-state index in [-0.39, 0.29) is 5.92 Å². The number of amides is 1. The van der Waals surface area contributed by atoms with Crippen molar-refractivity contribution >= 4 is 39.3 Å². The molecular formula is C14H16BrClN2O2. The van der Waals surface area contributed by atoms with E-state index in [0.29, 0.717) is 13.1 Å². The fraction of sp³-hybridized carbons (Fsp3) is 0.500. The molecular weight excluding hydrogens is 344 g/mol. The fourth-order valence-corrected chi connectivity index (χ4v) is 4.45. The van der Waals surface area contributed by atoms with Crippen LogP contribution in [0.1, 0.15) is 24.0 Å². The van der Waals surface area contributed by atoms with Crippen LogP contribution in [0.2, 0.25) is 5.02 Å². The molecule has 0 saturated carbocycles.